The van der Waals surface area contributed by atoms with Crippen LogP contribution in [0.15, 0.2) is 29.2 Å². The van der Waals surface area contributed by atoms with Gasteiger partial charge in [0.15, 0.2) is 4.77 Å². The van der Waals surface area contributed by atoms with E-state index in [9.17, 15) is 18.0 Å². The molecule has 1 aliphatic rings. The highest BCUT2D eigenvalue weighted by Gasteiger charge is 2.30. The van der Waals surface area contributed by atoms with Crippen LogP contribution >= 0.6 is 24.0 Å². The molecule has 1 aliphatic heterocycles. The minimum Gasteiger partial charge on any atom is -0.339 e. The van der Waals surface area contributed by atoms with Crippen LogP contribution in [0.2, 0.25) is 0 Å². The van der Waals surface area contributed by atoms with E-state index in [2.05, 4.69) is 10.2 Å². The van der Waals surface area contributed by atoms with E-state index in [0.29, 0.717) is 23.4 Å². The third-order valence-electron chi connectivity index (χ3n) is 4.40. The number of H-pyrrole nitrogens is 1. The Kier molecular flexibility index (Phi) is 5.42. The molecular formula is C16H17F3N4OS2. The van der Waals surface area contributed by atoms with Gasteiger partial charge in [-0.05, 0) is 61.1 Å². The molecule has 0 radical (unpaired) electrons. The van der Waals surface area contributed by atoms with Crippen molar-refractivity contribution in [2.24, 2.45) is 7.05 Å². The lowest BCUT2D eigenvalue weighted by molar-refractivity contribution is -0.0328. The molecule has 5 nitrogen and oxygen atoms in total. The number of benzene rings is 1. The summed E-state index contributed by atoms with van der Waals surface area (Å²) in [5, 5.41) is 7.02. The monoisotopic (exact) mass is 402 g/mol. The number of piperidine rings is 1. The summed E-state index contributed by atoms with van der Waals surface area (Å²) in [7, 11) is 1.86. The third-order valence-corrected chi connectivity index (χ3v) is 5.50. The second kappa shape index (κ2) is 7.43. The average Bonchev–Trinajstić information content (AvgIpc) is 2.93. The lowest BCUT2D eigenvalue weighted by Gasteiger charge is -2.31. The summed E-state index contributed by atoms with van der Waals surface area (Å²) in [6.45, 7) is 1.14. The molecule has 0 bridgehead atoms. The van der Waals surface area contributed by atoms with Crippen molar-refractivity contribution in [2.75, 3.05) is 13.1 Å². The van der Waals surface area contributed by atoms with E-state index in [1.165, 1.54) is 24.3 Å². The largest absolute Gasteiger partial charge is 0.446 e. The molecular weight excluding hydrogens is 385 g/mol. The molecule has 1 saturated heterocycles. The number of hydrogen-bond donors (Lipinski definition) is 1. The van der Waals surface area contributed by atoms with Gasteiger partial charge in [-0.25, -0.2) is 0 Å². The van der Waals surface area contributed by atoms with Crippen LogP contribution in [-0.2, 0) is 7.05 Å². The van der Waals surface area contributed by atoms with Crippen LogP contribution < -0.4 is 0 Å². The second-order valence-corrected chi connectivity index (χ2v) is 7.61. The number of rotatable bonds is 3. The van der Waals surface area contributed by atoms with Crippen molar-refractivity contribution >= 4 is 29.9 Å². The Balaban J connectivity index is 1.61. The van der Waals surface area contributed by atoms with Gasteiger partial charge in [-0.15, -0.1) is 0 Å². The third kappa shape index (κ3) is 4.29. The highest BCUT2D eigenvalue weighted by molar-refractivity contribution is 8.00. The Morgan fingerprint density at radius 2 is 1.88 bits per heavy atom. The van der Waals surface area contributed by atoms with Crippen molar-refractivity contribution in [3.63, 3.8) is 0 Å². The molecule has 140 valence electrons. The van der Waals surface area contributed by atoms with Crippen molar-refractivity contribution < 1.29 is 18.0 Å². The molecule has 0 spiro atoms. The number of carbonyl (C=O) groups is 1. The van der Waals surface area contributed by atoms with E-state index in [1.807, 2.05) is 11.6 Å². The summed E-state index contributed by atoms with van der Waals surface area (Å²) in [6, 6.07) is 5.54. The zero-order valence-electron chi connectivity index (χ0n) is 13.9. The number of nitrogens with one attached hydrogen (secondary N) is 1. The first-order valence-corrected chi connectivity index (χ1v) is 9.23. The predicted octanol–water partition coefficient (Wildman–Crippen LogP) is 4.11. The van der Waals surface area contributed by atoms with Gasteiger partial charge >= 0.3 is 5.51 Å². The van der Waals surface area contributed by atoms with Crippen molar-refractivity contribution in [3.05, 3.63) is 40.4 Å². The minimum atomic E-state index is -4.33. The van der Waals surface area contributed by atoms with E-state index < -0.39 is 5.51 Å². The fraction of sp³-hybridized carbons (Fsp3) is 0.438. The number of aromatic nitrogens is 3. The first kappa shape index (κ1) is 19.0. The normalized spacial score (nSPS) is 16.1. The maximum Gasteiger partial charge on any atom is 0.446 e. The number of halogens is 3. The van der Waals surface area contributed by atoms with Crippen LogP contribution in [0.4, 0.5) is 13.2 Å². The zero-order chi connectivity index (χ0) is 18.9. The molecule has 2 heterocycles. The fourth-order valence-corrected chi connectivity index (χ4v) is 3.73. The number of likely N-dealkylation sites (tertiary alicyclic amines) is 1. The van der Waals surface area contributed by atoms with Crippen molar-refractivity contribution in [1.29, 1.82) is 0 Å². The molecule has 10 heteroatoms. The van der Waals surface area contributed by atoms with E-state index in [4.69, 9.17) is 12.2 Å². The van der Waals surface area contributed by atoms with E-state index in [0.717, 1.165) is 18.7 Å². The van der Waals surface area contributed by atoms with Gasteiger partial charge in [-0.1, -0.05) is 0 Å². The second-order valence-electron chi connectivity index (χ2n) is 6.08. The van der Waals surface area contributed by atoms with Crippen LogP contribution in [0.1, 0.15) is 34.9 Å². The van der Waals surface area contributed by atoms with Gasteiger partial charge in [0.25, 0.3) is 5.91 Å². The van der Waals surface area contributed by atoms with Crippen molar-refractivity contribution in [1.82, 2.24) is 19.7 Å². The molecule has 1 fully saturated rings. The lowest BCUT2D eigenvalue weighted by atomic mass is 9.95. The number of amides is 1. The smallest absolute Gasteiger partial charge is 0.339 e. The molecule has 2 aromatic rings. The van der Waals surface area contributed by atoms with Crippen LogP contribution in [0, 0.1) is 4.77 Å². The van der Waals surface area contributed by atoms with Crippen molar-refractivity contribution in [3.8, 4) is 0 Å². The highest BCUT2D eigenvalue weighted by Crippen LogP contribution is 2.36. The molecule has 0 unspecified atom stereocenters. The van der Waals surface area contributed by atoms with Gasteiger partial charge in [-0.3, -0.25) is 9.89 Å². The van der Waals surface area contributed by atoms with Crippen LogP contribution in [0.25, 0.3) is 0 Å². The maximum absolute atomic E-state index is 12.6. The van der Waals surface area contributed by atoms with Gasteiger partial charge in [0.05, 0.1) is 0 Å². The summed E-state index contributed by atoms with van der Waals surface area (Å²) in [5.41, 5.74) is -3.94. The summed E-state index contributed by atoms with van der Waals surface area (Å²) >= 11 is 4.94. The first-order valence-electron chi connectivity index (χ1n) is 8.01. The Hall–Kier alpha value is -1.81. The van der Waals surface area contributed by atoms with Crippen LogP contribution in [-0.4, -0.2) is 44.2 Å². The first-order chi connectivity index (χ1) is 12.2. The summed E-state index contributed by atoms with van der Waals surface area (Å²) in [6.07, 6.45) is 1.53. The van der Waals surface area contributed by atoms with Crippen LogP contribution in [0.3, 0.4) is 0 Å². The number of nitrogens with zero attached hydrogens (tertiary/aromatic N) is 3. The van der Waals surface area contributed by atoms with Gasteiger partial charge in [0, 0.05) is 36.5 Å². The topological polar surface area (TPSA) is 53.9 Å². The standard InChI is InChI=1S/C16H17F3N4OS2/c1-22-13(20-21-15(22)25)10-6-8-23(9-7-10)14(24)11-2-4-12(5-3-11)26-16(17,18)19/h2-5,10H,6-9H2,1H3,(H,21,25). The molecule has 0 aliphatic carbocycles. The quantitative estimate of drug-likeness (QED) is 0.620. The summed E-state index contributed by atoms with van der Waals surface area (Å²) < 4.78 is 39.5. The minimum absolute atomic E-state index is 0.0681. The zero-order valence-corrected chi connectivity index (χ0v) is 15.5. The Bertz CT molecular complexity index is 836. The lowest BCUT2D eigenvalue weighted by Crippen LogP contribution is -2.38. The van der Waals surface area contributed by atoms with Gasteiger partial charge in [0.1, 0.15) is 5.82 Å². The summed E-state index contributed by atoms with van der Waals surface area (Å²) in [4.78, 5) is 14.4. The Morgan fingerprint density at radius 1 is 1.27 bits per heavy atom. The molecule has 26 heavy (non-hydrogen) atoms. The Labute approximate surface area is 157 Å². The van der Waals surface area contributed by atoms with Crippen molar-refractivity contribution in [2.45, 2.75) is 29.2 Å². The maximum atomic E-state index is 12.6. The predicted molar refractivity (Wildman–Crippen MR) is 94.6 cm³/mol. The number of aromatic amines is 1. The molecule has 0 atom stereocenters. The van der Waals surface area contributed by atoms with E-state index >= 15 is 0 Å². The van der Waals surface area contributed by atoms with Gasteiger partial charge in [0.2, 0.25) is 0 Å². The summed E-state index contributed by atoms with van der Waals surface area (Å²) in [5.74, 6) is 0.945. The molecule has 1 N–H and O–H groups in total. The number of thioether (sulfide) groups is 1. The fourth-order valence-electron chi connectivity index (χ4n) is 3.05. The Morgan fingerprint density at radius 3 is 2.38 bits per heavy atom. The highest BCUT2D eigenvalue weighted by atomic mass is 32.2. The average molecular weight is 402 g/mol. The van der Waals surface area contributed by atoms with E-state index in [1.54, 1.807) is 4.90 Å². The molecule has 3 rings (SSSR count). The SMILES string of the molecule is Cn1c(C2CCN(C(=O)c3ccc(SC(F)(F)F)cc3)CC2)n[nH]c1=S. The molecule has 1 aromatic heterocycles. The van der Waals surface area contributed by atoms with E-state index in [-0.39, 0.29) is 28.5 Å². The van der Waals surface area contributed by atoms with Gasteiger partial charge in [-0.2, -0.15) is 18.3 Å². The van der Waals surface area contributed by atoms with Gasteiger partial charge < -0.3 is 9.47 Å². The number of alkyl halides is 3. The molecule has 1 amide bonds. The molecule has 1 aromatic carbocycles. The molecule has 0 saturated carbocycles. The van der Waals surface area contributed by atoms with Crippen LogP contribution in [0.5, 0.6) is 0 Å². The number of hydrogen-bond acceptors (Lipinski definition) is 4. The number of carbonyl (C=O) groups excluding carboxylic acids is 1.